The van der Waals surface area contributed by atoms with E-state index in [1.807, 2.05) is 37.4 Å². The highest BCUT2D eigenvalue weighted by atomic mass is 16.1. The van der Waals surface area contributed by atoms with E-state index in [4.69, 9.17) is 11.5 Å². The van der Waals surface area contributed by atoms with E-state index in [-0.39, 0.29) is 0 Å². The Hall–Kier alpha value is -1.39. The molecule has 0 aliphatic heterocycles. The van der Waals surface area contributed by atoms with Gasteiger partial charge in [0.15, 0.2) is 0 Å². The SMILES string of the molecule is CC1CC1CN(C)CC(N)(C(N)=O)c1ccccc1. The van der Waals surface area contributed by atoms with Crippen LogP contribution in [0.15, 0.2) is 30.3 Å². The van der Waals surface area contributed by atoms with Gasteiger partial charge in [0.05, 0.1) is 0 Å². The highest BCUT2D eigenvalue weighted by Gasteiger charge is 2.38. The molecule has 104 valence electrons. The third-order valence-electron chi connectivity index (χ3n) is 4.07. The highest BCUT2D eigenvalue weighted by molar-refractivity contribution is 5.86. The normalized spacial score (nSPS) is 25.1. The molecule has 0 saturated heterocycles. The number of likely N-dealkylation sites (N-methyl/N-ethyl adjacent to an activating group) is 1. The number of primary amides is 1. The van der Waals surface area contributed by atoms with Crippen LogP contribution < -0.4 is 11.5 Å². The molecule has 1 saturated carbocycles. The number of amides is 1. The Balaban J connectivity index is 2.09. The second-order valence-corrected chi connectivity index (χ2v) is 5.87. The van der Waals surface area contributed by atoms with Crippen LogP contribution in [0.4, 0.5) is 0 Å². The van der Waals surface area contributed by atoms with Crippen LogP contribution in [0.2, 0.25) is 0 Å². The van der Waals surface area contributed by atoms with Crippen LogP contribution in [0, 0.1) is 11.8 Å². The maximum absolute atomic E-state index is 11.8. The van der Waals surface area contributed by atoms with E-state index in [1.165, 1.54) is 6.42 Å². The number of benzene rings is 1. The van der Waals surface area contributed by atoms with Gasteiger partial charge in [0.1, 0.15) is 5.54 Å². The Morgan fingerprint density at radius 1 is 1.42 bits per heavy atom. The van der Waals surface area contributed by atoms with Gasteiger partial charge < -0.3 is 16.4 Å². The quantitative estimate of drug-likeness (QED) is 0.799. The van der Waals surface area contributed by atoms with Crippen molar-refractivity contribution in [2.75, 3.05) is 20.1 Å². The molecule has 3 atom stereocenters. The van der Waals surface area contributed by atoms with E-state index in [2.05, 4.69) is 11.8 Å². The fraction of sp³-hybridized carbons (Fsp3) is 0.533. The molecule has 1 aliphatic carbocycles. The topological polar surface area (TPSA) is 72.3 Å². The van der Waals surface area contributed by atoms with Crippen molar-refractivity contribution < 1.29 is 4.79 Å². The average molecular weight is 261 g/mol. The molecule has 1 aromatic rings. The van der Waals surface area contributed by atoms with Crippen LogP contribution in [0.3, 0.4) is 0 Å². The van der Waals surface area contributed by atoms with Crippen molar-refractivity contribution in [3.63, 3.8) is 0 Å². The molecule has 0 bridgehead atoms. The molecule has 4 N–H and O–H groups in total. The maximum atomic E-state index is 11.8. The van der Waals surface area contributed by atoms with E-state index >= 15 is 0 Å². The average Bonchev–Trinajstić information content (AvgIpc) is 3.05. The van der Waals surface area contributed by atoms with Gasteiger partial charge in [-0.1, -0.05) is 37.3 Å². The second kappa shape index (κ2) is 5.31. The molecule has 19 heavy (non-hydrogen) atoms. The fourth-order valence-corrected chi connectivity index (χ4v) is 2.59. The van der Waals surface area contributed by atoms with Crippen LogP contribution in [0.5, 0.6) is 0 Å². The lowest BCUT2D eigenvalue weighted by atomic mass is 9.89. The summed E-state index contributed by atoms with van der Waals surface area (Å²) in [7, 11) is 2.00. The summed E-state index contributed by atoms with van der Waals surface area (Å²) >= 11 is 0. The summed E-state index contributed by atoms with van der Waals surface area (Å²) in [6.07, 6.45) is 1.27. The number of nitrogens with two attached hydrogens (primary N) is 2. The predicted octanol–water partition coefficient (Wildman–Crippen LogP) is 0.914. The summed E-state index contributed by atoms with van der Waals surface area (Å²) in [5, 5.41) is 0. The largest absolute Gasteiger partial charge is 0.368 e. The third-order valence-corrected chi connectivity index (χ3v) is 4.07. The summed E-state index contributed by atoms with van der Waals surface area (Å²) in [6.45, 7) is 3.68. The number of hydrogen-bond acceptors (Lipinski definition) is 3. The molecule has 0 aromatic heterocycles. The monoisotopic (exact) mass is 261 g/mol. The van der Waals surface area contributed by atoms with Gasteiger partial charge in [-0.25, -0.2) is 0 Å². The highest BCUT2D eigenvalue weighted by Crippen LogP contribution is 2.38. The molecule has 0 radical (unpaired) electrons. The van der Waals surface area contributed by atoms with Crippen molar-refractivity contribution in [2.45, 2.75) is 18.9 Å². The number of hydrogen-bond donors (Lipinski definition) is 2. The van der Waals surface area contributed by atoms with Crippen LogP contribution in [0.25, 0.3) is 0 Å². The molecule has 1 amide bonds. The Bertz CT molecular complexity index is 448. The molecule has 1 aromatic carbocycles. The smallest absolute Gasteiger partial charge is 0.243 e. The van der Waals surface area contributed by atoms with Gasteiger partial charge in [-0.05, 0) is 30.9 Å². The first-order valence-electron chi connectivity index (χ1n) is 6.76. The first kappa shape index (κ1) is 14.0. The summed E-state index contributed by atoms with van der Waals surface area (Å²) < 4.78 is 0. The minimum atomic E-state index is -1.12. The Kier molecular flexibility index (Phi) is 3.92. The lowest BCUT2D eigenvalue weighted by Gasteiger charge is -2.31. The Labute approximate surface area is 114 Å². The molecule has 2 rings (SSSR count). The van der Waals surface area contributed by atoms with Crippen molar-refractivity contribution in [1.82, 2.24) is 4.90 Å². The van der Waals surface area contributed by atoms with E-state index in [1.54, 1.807) is 0 Å². The standard InChI is InChI=1S/C15H23N3O/c1-11-8-12(11)9-18(2)10-15(17,14(16)19)13-6-4-3-5-7-13/h3-7,11-12H,8-10,17H2,1-2H3,(H2,16,19). The van der Waals surface area contributed by atoms with Crippen LogP contribution >= 0.6 is 0 Å². The van der Waals surface area contributed by atoms with Gasteiger partial charge in [0.25, 0.3) is 0 Å². The first-order valence-corrected chi connectivity index (χ1v) is 6.76. The Morgan fingerprint density at radius 2 is 2.00 bits per heavy atom. The second-order valence-electron chi connectivity index (χ2n) is 5.87. The molecule has 1 aliphatic rings. The van der Waals surface area contributed by atoms with Crippen molar-refractivity contribution in [3.05, 3.63) is 35.9 Å². The zero-order chi connectivity index (χ0) is 14.0. The summed E-state index contributed by atoms with van der Waals surface area (Å²) in [5.41, 5.74) is 11.5. The number of carbonyl (C=O) groups excluding carboxylic acids is 1. The lowest BCUT2D eigenvalue weighted by molar-refractivity contribution is -0.124. The van der Waals surface area contributed by atoms with Crippen LogP contribution in [0.1, 0.15) is 18.9 Å². The minimum Gasteiger partial charge on any atom is -0.368 e. The maximum Gasteiger partial charge on any atom is 0.243 e. The van der Waals surface area contributed by atoms with Gasteiger partial charge in [0.2, 0.25) is 5.91 Å². The molecule has 0 spiro atoms. The summed E-state index contributed by atoms with van der Waals surface area (Å²) in [4.78, 5) is 13.9. The van der Waals surface area contributed by atoms with E-state index < -0.39 is 11.4 Å². The van der Waals surface area contributed by atoms with Crippen molar-refractivity contribution in [2.24, 2.45) is 23.3 Å². The van der Waals surface area contributed by atoms with Gasteiger partial charge in [-0.3, -0.25) is 4.79 Å². The predicted molar refractivity (Wildman–Crippen MR) is 76.3 cm³/mol. The molecule has 1 fully saturated rings. The number of rotatable bonds is 6. The van der Waals surface area contributed by atoms with Gasteiger partial charge >= 0.3 is 0 Å². The third kappa shape index (κ3) is 3.14. The van der Waals surface area contributed by atoms with Crippen LogP contribution in [-0.2, 0) is 10.3 Å². The minimum absolute atomic E-state index is 0.454. The van der Waals surface area contributed by atoms with E-state index in [9.17, 15) is 4.79 Å². The summed E-state index contributed by atoms with van der Waals surface area (Å²) in [5.74, 6) is 1.05. The molecule has 4 nitrogen and oxygen atoms in total. The molecule has 3 unspecified atom stereocenters. The molecular weight excluding hydrogens is 238 g/mol. The van der Waals surface area contributed by atoms with E-state index in [0.29, 0.717) is 6.54 Å². The number of carbonyl (C=O) groups is 1. The van der Waals surface area contributed by atoms with Crippen molar-refractivity contribution in [3.8, 4) is 0 Å². The van der Waals surface area contributed by atoms with Gasteiger partial charge in [-0.2, -0.15) is 0 Å². The zero-order valence-electron chi connectivity index (χ0n) is 11.7. The first-order chi connectivity index (χ1) is 8.93. The van der Waals surface area contributed by atoms with E-state index in [0.717, 1.165) is 23.9 Å². The van der Waals surface area contributed by atoms with Gasteiger partial charge in [-0.15, -0.1) is 0 Å². The zero-order valence-corrected chi connectivity index (χ0v) is 11.7. The number of nitrogens with zero attached hydrogens (tertiary/aromatic N) is 1. The van der Waals surface area contributed by atoms with Crippen molar-refractivity contribution >= 4 is 5.91 Å². The van der Waals surface area contributed by atoms with Crippen molar-refractivity contribution in [1.29, 1.82) is 0 Å². The van der Waals surface area contributed by atoms with Gasteiger partial charge in [0, 0.05) is 13.1 Å². The Morgan fingerprint density at radius 3 is 2.47 bits per heavy atom. The molecule has 0 heterocycles. The summed E-state index contributed by atoms with van der Waals surface area (Å²) in [6, 6.07) is 9.38. The lowest BCUT2D eigenvalue weighted by Crippen LogP contribution is -2.56. The molecule has 4 heteroatoms. The van der Waals surface area contributed by atoms with Crippen LogP contribution in [-0.4, -0.2) is 30.9 Å². The fourth-order valence-electron chi connectivity index (χ4n) is 2.59. The molecular formula is C15H23N3O.